The van der Waals surface area contributed by atoms with Crippen molar-refractivity contribution in [3.63, 3.8) is 0 Å². The lowest BCUT2D eigenvalue weighted by Gasteiger charge is -2.51. The summed E-state index contributed by atoms with van der Waals surface area (Å²) in [7, 11) is 4.71. The highest BCUT2D eigenvalue weighted by atomic mass is 16.8. The molecule has 18 heteroatoms. The van der Waals surface area contributed by atoms with Gasteiger partial charge < -0.3 is 63.2 Å². The zero-order valence-electron chi connectivity index (χ0n) is 34.8. The van der Waals surface area contributed by atoms with Crippen molar-refractivity contribution in [3.05, 3.63) is 51.6 Å². The van der Waals surface area contributed by atoms with Gasteiger partial charge in [-0.05, 0) is 47.9 Å². The summed E-state index contributed by atoms with van der Waals surface area (Å²) in [5, 5.41) is 47.0. The minimum Gasteiger partial charge on any atom is -0.507 e. The van der Waals surface area contributed by atoms with Gasteiger partial charge in [0.2, 0.25) is 5.78 Å². The van der Waals surface area contributed by atoms with Crippen LogP contribution in [0.5, 0.6) is 17.2 Å². The third-order valence-electron chi connectivity index (χ3n) is 12.9. The quantitative estimate of drug-likeness (QED) is 0.188. The van der Waals surface area contributed by atoms with Crippen LogP contribution < -0.4 is 0 Å². The zero-order chi connectivity index (χ0) is 44.0. The van der Waals surface area contributed by atoms with Gasteiger partial charge in [-0.25, -0.2) is 0 Å². The molecule has 4 N–H and O–H groups in total. The lowest BCUT2D eigenvalue weighted by molar-refractivity contribution is -0.371. The van der Waals surface area contributed by atoms with E-state index in [1.807, 2.05) is 25.9 Å². The second-order valence-corrected chi connectivity index (χ2v) is 17.2. The van der Waals surface area contributed by atoms with E-state index in [2.05, 4.69) is 0 Å². The number of hydrogen-bond acceptors (Lipinski definition) is 18. The van der Waals surface area contributed by atoms with Gasteiger partial charge in [-0.3, -0.25) is 24.0 Å². The number of Topliss-reactive ketones (excluding diaryl/α,β-unsaturated/α-hetero) is 2. The minimum atomic E-state index is -2.29. The van der Waals surface area contributed by atoms with Crippen molar-refractivity contribution in [2.75, 3.05) is 21.2 Å². The molecular formula is C43H51NO17. The number of phenolic OH excluding ortho intramolecular Hbond substituents is 3. The summed E-state index contributed by atoms with van der Waals surface area (Å²) >= 11 is 0. The average molecular weight is 854 g/mol. The summed E-state index contributed by atoms with van der Waals surface area (Å²) in [6, 6.07) is 3.39. The van der Waals surface area contributed by atoms with Gasteiger partial charge >= 0.3 is 5.97 Å². The number of ether oxygens (including phenoxy) is 8. The fourth-order valence-electron chi connectivity index (χ4n) is 10.1. The maximum atomic E-state index is 14.0. The maximum Gasteiger partial charge on any atom is 0.316 e. The van der Waals surface area contributed by atoms with Crippen molar-refractivity contribution < 1.29 is 82.3 Å². The smallest absolute Gasteiger partial charge is 0.316 e. The van der Waals surface area contributed by atoms with Crippen LogP contribution in [0.15, 0.2) is 18.2 Å². The highest BCUT2D eigenvalue weighted by Gasteiger charge is 2.57. The summed E-state index contributed by atoms with van der Waals surface area (Å²) in [5.74, 6) is -7.68. The van der Waals surface area contributed by atoms with Crippen molar-refractivity contribution in [3.8, 4) is 17.2 Å². The number of ketones is 4. The van der Waals surface area contributed by atoms with Gasteiger partial charge in [0.05, 0.1) is 53.8 Å². The predicted octanol–water partition coefficient (Wildman–Crippen LogP) is 2.45. The molecule has 6 aliphatic rings. The molecule has 0 aromatic heterocycles. The van der Waals surface area contributed by atoms with Gasteiger partial charge in [0.1, 0.15) is 53.4 Å². The first-order chi connectivity index (χ1) is 28.8. The minimum absolute atomic E-state index is 0.0699. The van der Waals surface area contributed by atoms with Gasteiger partial charge in [-0.15, -0.1) is 0 Å². The van der Waals surface area contributed by atoms with Gasteiger partial charge in [-0.1, -0.05) is 12.1 Å². The molecule has 14 atom stereocenters. The molecule has 4 fully saturated rings. The molecule has 61 heavy (non-hydrogen) atoms. The van der Waals surface area contributed by atoms with Crippen molar-refractivity contribution in [1.82, 2.24) is 4.90 Å². The Morgan fingerprint density at radius 2 is 1.51 bits per heavy atom. The number of fused-ring (bicyclic) bond motifs is 5. The van der Waals surface area contributed by atoms with Crippen LogP contribution >= 0.6 is 0 Å². The monoisotopic (exact) mass is 853 g/mol. The van der Waals surface area contributed by atoms with E-state index in [1.165, 1.54) is 25.1 Å². The fourth-order valence-corrected chi connectivity index (χ4v) is 10.1. The molecule has 0 amide bonds. The number of methoxy groups -OCH3 is 1. The second kappa shape index (κ2) is 16.1. The summed E-state index contributed by atoms with van der Waals surface area (Å²) < 4.78 is 49.3. The van der Waals surface area contributed by atoms with E-state index in [4.69, 9.17) is 37.9 Å². The molecule has 8 rings (SSSR count). The van der Waals surface area contributed by atoms with Crippen molar-refractivity contribution >= 4 is 29.1 Å². The topological polar surface area (TPSA) is 243 Å². The van der Waals surface area contributed by atoms with E-state index in [0.717, 1.165) is 7.11 Å². The Balaban J connectivity index is 1.10. The van der Waals surface area contributed by atoms with Crippen LogP contribution in [0.4, 0.5) is 0 Å². The molecule has 330 valence electrons. The number of esters is 1. The SMILES string of the molecule is COC(=O)[C@@H]1c2c(O)c3c(c(O)c2[C@@H](OC2CC(N(C)C)C(OC4CC5OC6CC(=O)C(C)OC6OC5C(C)O4)C(C)O2)C[C@]1(O)CC(C)=O)C(=O)c1c(O)cccc1C3=O. The van der Waals surface area contributed by atoms with Crippen LogP contribution in [0.2, 0.25) is 0 Å². The summed E-state index contributed by atoms with van der Waals surface area (Å²) in [6.07, 6.45) is -8.38. The van der Waals surface area contributed by atoms with E-state index in [9.17, 15) is 44.4 Å². The van der Waals surface area contributed by atoms with Crippen LogP contribution in [-0.2, 0) is 52.3 Å². The Morgan fingerprint density at radius 3 is 2.20 bits per heavy atom. The third-order valence-corrected chi connectivity index (χ3v) is 12.9. The molecule has 11 unspecified atom stereocenters. The van der Waals surface area contributed by atoms with E-state index in [1.54, 1.807) is 13.8 Å². The van der Waals surface area contributed by atoms with Gasteiger partial charge in [0.25, 0.3) is 0 Å². The Morgan fingerprint density at radius 1 is 0.836 bits per heavy atom. The number of benzene rings is 2. The molecule has 0 spiro atoms. The number of hydrogen-bond donors (Lipinski definition) is 4. The number of aromatic hydroxyl groups is 3. The van der Waals surface area contributed by atoms with Crippen molar-refractivity contribution in [2.24, 2.45) is 0 Å². The van der Waals surface area contributed by atoms with E-state index >= 15 is 0 Å². The normalized spacial score (nSPS) is 36.9. The Kier molecular flexibility index (Phi) is 11.4. The summed E-state index contributed by atoms with van der Waals surface area (Å²) in [6.45, 7) is 6.50. The number of aliphatic hydroxyl groups is 1. The zero-order valence-corrected chi connectivity index (χ0v) is 34.8. The van der Waals surface area contributed by atoms with E-state index in [0.29, 0.717) is 0 Å². The number of carbonyl (C=O) groups excluding carboxylic acids is 5. The molecule has 18 nitrogen and oxygen atoms in total. The first-order valence-corrected chi connectivity index (χ1v) is 20.4. The molecule has 0 bridgehead atoms. The molecule has 4 aliphatic heterocycles. The largest absolute Gasteiger partial charge is 0.507 e. The number of carbonyl (C=O) groups is 5. The lowest BCUT2D eigenvalue weighted by atomic mass is 9.66. The molecule has 0 radical (unpaired) electrons. The maximum absolute atomic E-state index is 14.0. The van der Waals surface area contributed by atoms with Crippen molar-refractivity contribution in [1.29, 1.82) is 0 Å². The summed E-state index contributed by atoms with van der Waals surface area (Å²) in [4.78, 5) is 68.6. The molecule has 4 saturated heterocycles. The fraction of sp³-hybridized carbons (Fsp3) is 0.605. The molecule has 2 aliphatic carbocycles. The first-order valence-electron chi connectivity index (χ1n) is 20.4. The van der Waals surface area contributed by atoms with E-state index in [-0.39, 0.29) is 36.2 Å². The molecule has 0 saturated carbocycles. The average Bonchev–Trinajstić information content (AvgIpc) is 3.18. The standard InChI is InChI=1S/C43H51NO17/c1-16(45)14-43(53)15-26(30-31(34(43)41(52)54-7)38(51)32-33(37(30)50)36(49)29-20(35(32)48)9-8-10-22(29)46)59-27-11-21(44(5)6)39(18(3)55-27)60-28-13-24-40(19(4)56-28)61-42-25(58-24)12-23(47)17(2)57-42/h8-10,17-19,21,24-28,34,39-40,42,46,50-51,53H,11-15H2,1-7H3/t17?,18?,19?,21?,24?,25?,26-,27?,28?,34-,39?,40?,42?,43+/m0/s1. The van der Waals surface area contributed by atoms with Crippen LogP contribution in [0.3, 0.4) is 0 Å². The predicted molar refractivity (Wildman–Crippen MR) is 206 cm³/mol. The molecule has 4 heterocycles. The number of likely N-dealkylation sites (N-methyl/N-ethyl adjacent to an activating group) is 1. The van der Waals surface area contributed by atoms with Crippen LogP contribution in [0.25, 0.3) is 0 Å². The Hall–Kier alpha value is -4.37. The Labute approximate surface area is 350 Å². The molecule has 2 aromatic rings. The van der Waals surface area contributed by atoms with Crippen LogP contribution in [0.1, 0.15) is 115 Å². The highest BCUT2D eigenvalue weighted by molar-refractivity contribution is 6.31. The van der Waals surface area contributed by atoms with Gasteiger partial charge in [0, 0.05) is 54.8 Å². The number of nitrogens with zero attached hydrogens (tertiary/aromatic N) is 1. The van der Waals surface area contributed by atoms with E-state index < -0.39 is 161 Å². The highest BCUT2D eigenvalue weighted by Crippen LogP contribution is 2.57. The van der Waals surface area contributed by atoms with Crippen LogP contribution in [0, 0.1) is 0 Å². The summed E-state index contributed by atoms with van der Waals surface area (Å²) in [5.41, 5.74) is -4.98. The number of rotatable bonds is 8. The van der Waals surface area contributed by atoms with Gasteiger partial charge in [0.15, 0.2) is 30.4 Å². The first kappa shape index (κ1) is 43.3. The van der Waals surface area contributed by atoms with Crippen molar-refractivity contribution in [2.45, 2.75) is 145 Å². The lowest BCUT2D eigenvalue weighted by Crippen LogP contribution is -2.62. The van der Waals surface area contributed by atoms with Crippen LogP contribution in [-0.4, -0.2) is 149 Å². The number of phenols is 3. The Bertz CT molecular complexity index is 2160. The van der Waals surface area contributed by atoms with Gasteiger partial charge in [-0.2, -0.15) is 0 Å². The molecule has 2 aromatic carbocycles. The third kappa shape index (κ3) is 7.34. The second-order valence-electron chi connectivity index (χ2n) is 17.2. The molecular weight excluding hydrogens is 802 g/mol.